The topological polar surface area (TPSA) is 160 Å². The fourth-order valence-electron chi connectivity index (χ4n) is 19.9. The molecule has 30 rings (SSSR count). The highest BCUT2D eigenvalue weighted by molar-refractivity contribution is 8.00. The van der Waals surface area contributed by atoms with Gasteiger partial charge in [-0.15, -0.1) is 0 Å². The molecular formula is C126H78N14O2S2. The monoisotopic (exact) mass is 1880 g/mol. The summed E-state index contributed by atoms with van der Waals surface area (Å²) in [6, 6.07) is 158. The molecule has 0 N–H and O–H groups in total. The Morgan fingerprint density at radius 1 is 0.181 bits per heavy atom. The van der Waals surface area contributed by atoms with Gasteiger partial charge < -0.3 is 9.47 Å². The summed E-state index contributed by atoms with van der Waals surface area (Å²) in [6.07, 6.45) is 3.81. The van der Waals surface area contributed by atoms with Crippen LogP contribution < -0.4 is 29.1 Å². The summed E-state index contributed by atoms with van der Waals surface area (Å²) in [5.41, 5.74) is 13.7. The maximum absolute atomic E-state index is 6.67. The minimum absolute atomic E-state index is 0.533. The Morgan fingerprint density at radius 3 is 0.785 bits per heavy atom. The lowest BCUT2D eigenvalue weighted by Gasteiger charge is -2.33. The highest BCUT2D eigenvalue weighted by Crippen LogP contribution is 2.61. The number of hydrogen-bond acceptors (Lipinski definition) is 18. The van der Waals surface area contributed by atoms with E-state index >= 15 is 0 Å². The molecular weight excluding hydrogens is 1810 g/mol. The van der Waals surface area contributed by atoms with E-state index in [2.05, 4.69) is 274 Å². The van der Waals surface area contributed by atoms with Gasteiger partial charge in [0.05, 0.1) is 56.5 Å². The van der Waals surface area contributed by atoms with Gasteiger partial charge in [0.15, 0.2) is 46.3 Å². The van der Waals surface area contributed by atoms with Gasteiger partial charge in [-0.2, -0.15) is 19.9 Å². The number of hydrogen-bond donors (Lipinski definition) is 0. The van der Waals surface area contributed by atoms with E-state index in [1.165, 1.54) is 57.3 Å². The van der Waals surface area contributed by atoms with Crippen LogP contribution >= 0.6 is 23.5 Å². The molecule has 4 aliphatic heterocycles. The zero-order valence-corrected chi connectivity index (χ0v) is 78.6. The summed E-state index contributed by atoms with van der Waals surface area (Å²) >= 11 is 3.65. The van der Waals surface area contributed by atoms with E-state index in [0.717, 1.165) is 161 Å². The van der Waals surface area contributed by atoms with Crippen LogP contribution in [0.4, 0.5) is 69.3 Å². The molecule has 4 aromatic heterocycles. The quantitative estimate of drug-likeness (QED) is 0.141. The Morgan fingerprint density at radius 2 is 0.431 bits per heavy atom. The van der Waals surface area contributed by atoms with E-state index in [1.807, 2.05) is 242 Å². The first-order valence-electron chi connectivity index (χ1n) is 47.6. The predicted octanol–water partition coefficient (Wildman–Crippen LogP) is 33.9. The van der Waals surface area contributed by atoms with Crippen molar-refractivity contribution in [1.29, 1.82) is 0 Å². The molecule has 144 heavy (non-hydrogen) atoms. The van der Waals surface area contributed by atoms with Crippen LogP contribution in [0.15, 0.2) is 493 Å². The number of ether oxygens (including phenoxy) is 2. The Balaban J connectivity index is 0.0000000961. The minimum atomic E-state index is 0.533. The molecule has 0 saturated heterocycles. The van der Waals surface area contributed by atoms with E-state index in [0.29, 0.717) is 47.1 Å². The molecule has 0 atom stereocenters. The molecule has 26 aromatic rings. The second kappa shape index (κ2) is 35.8. The summed E-state index contributed by atoms with van der Waals surface area (Å²) in [4.78, 5) is 63.4. The standard InChI is InChI=1S/C35H22N4O.C35H22N4S.C28H17N3O.C28H17N3S/c2*1-3-13-25(14-4-1)33-36-34(26-15-5-2-6-16-26)38-35(37-33)39-29-21-19-24-12-8-10-18-28(24)32(29)40-30-22-20-23-11-7-9-17-27(23)31(30)39;2*1-4-10-21-18(7-1)14-16-25-26(21)31(28-29-17-20-9-3-6-12-23(20)30-28)24-15-13-19-8-2-5-11-22(19)27(24)32-25/h2*1-22H;2*1-17H. The van der Waals surface area contributed by atoms with Gasteiger partial charge in [0, 0.05) is 97.3 Å². The molecule has 0 amide bonds. The van der Waals surface area contributed by atoms with Gasteiger partial charge in [0.1, 0.15) is 0 Å². The SMILES string of the molecule is c1ccc(-c2nc(-c3ccccc3)nc(N3c4ccc5ccccc5c4Oc4ccc5ccccc5c43)n2)cc1.c1ccc(-c2nc(-c3ccccc3)nc(N3c4ccc5ccccc5c4Sc4ccc5ccccc5c43)n2)cc1.c1ccc2nc(N3c4ccc5ccccc5c4Oc4ccc5ccccc5c43)ncc2c1.c1ccc2nc(N3c4ccc5ccccc5c4Sc4ccc5ccccc5c43)ncc2c1. The molecule has 22 aromatic carbocycles. The van der Waals surface area contributed by atoms with Crippen molar-refractivity contribution in [3.8, 4) is 68.5 Å². The van der Waals surface area contributed by atoms with Crippen molar-refractivity contribution < 1.29 is 9.47 Å². The lowest BCUT2D eigenvalue weighted by atomic mass is 10.0. The van der Waals surface area contributed by atoms with Crippen molar-refractivity contribution in [2.75, 3.05) is 19.6 Å². The molecule has 4 aliphatic rings. The van der Waals surface area contributed by atoms with E-state index in [9.17, 15) is 0 Å². The van der Waals surface area contributed by atoms with Gasteiger partial charge in [0.25, 0.3) is 0 Å². The average Bonchev–Trinajstić information content (AvgIpc) is 0.734. The molecule has 18 heteroatoms. The van der Waals surface area contributed by atoms with Crippen LogP contribution in [0.25, 0.3) is 154 Å². The molecule has 676 valence electrons. The van der Waals surface area contributed by atoms with Crippen LogP contribution in [0.2, 0.25) is 0 Å². The highest BCUT2D eigenvalue weighted by atomic mass is 32.2. The first-order valence-corrected chi connectivity index (χ1v) is 49.3. The van der Waals surface area contributed by atoms with E-state index in [1.54, 1.807) is 0 Å². The van der Waals surface area contributed by atoms with E-state index in [-0.39, 0.29) is 0 Å². The van der Waals surface area contributed by atoms with Gasteiger partial charge in [-0.25, -0.2) is 29.9 Å². The number of aromatic nitrogens is 10. The molecule has 0 fully saturated rings. The number of anilines is 12. The maximum atomic E-state index is 6.67. The molecule has 0 saturated carbocycles. The number of fused-ring (bicyclic) bond motifs is 26. The van der Waals surface area contributed by atoms with Gasteiger partial charge in [-0.3, -0.25) is 19.6 Å². The molecule has 0 unspecified atom stereocenters. The van der Waals surface area contributed by atoms with E-state index < -0.39 is 0 Å². The third kappa shape index (κ3) is 15.1. The highest BCUT2D eigenvalue weighted by Gasteiger charge is 2.37. The number of para-hydroxylation sites is 2. The van der Waals surface area contributed by atoms with Gasteiger partial charge in [-0.05, 0) is 115 Å². The lowest BCUT2D eigenvalue weighted by molar-refractivity contribution is 0.483. The van der Waals surface area contributed by atoms with Crippen molar-refractivity contribution in [2.45, 2.75) is 19.6 Å². The lowest BCUT2D eigenvalue weighted by Crippen LogP contribution is -2.20. The third-order valence-corrected chi connectivity index (χ3v) is 29.1. The van der Waals surface area contributed by atoms with Crippen molar-refractivity contribution >= 4 is 201 Å². The Kier molecular flexibility index (Phi) is 21.0. The molecule has 16 nitrogen and oxygen atoms in total. The normalized spacial score (nSPS) is 12.4. The van der Waals surface area contributed by atoms with Crippen molar-refractivity contribution in [3.63, 3.8) is 0 Å². The number of nitrogens with zero attached hydrogens (tertiary/aromatic N) is 14. The summed E-state index contributed by atoms with van der Waals surface area (Å²) in [6.45, 7) is 0. The van der Waals surface area contributed by atoms with Crippen LogP contribution in [0.3, 0.4) is 0 Å². The maximum Gasteiger partial charge on any atom is 0.239 e. The number of rotatable bonds is 8. The Bertz CT molecular complexity index is 8970. The summed E-state index contributed by atoms with van der Waals surface area (Å²) < 4.78 is 13.2. The van der Waals surface area contributed by atoms with Gasteiger partial charge in [0.2, 0.25) is 23.8 Å². The fourth-order valence-corrected chi connectivity index (χ4v) is 22.4. The van der Waals surface area contributed by atoms with Crippen molar-refractivity contribution in [3.05, 3.63) is 473 Å². The van der Waals surface area contributed by atoms with Crippen molar-refractivity contribution in [1.82, 2.24) is 49.8 Å². The van der Waals surface area contributed by atoms with Crippen LogP contribution in [0, 0.1) is 0 Å². The summed E-state index contributed by atoms with van der Waals surface area (Å²) in [5, 5.41) is 20.5. The summed E-state index contributed by atoms with van der Waals surface area (Å²) in [5.74, 6) is 8.12. The summed E-state index contributed by atoms with van der Waals surface area (Å²) in [7, 11) is 0. The van der Waals surface area contributed by atoms with Gasteiger partial charge >= 0.3 is 0 Å². The first kappa shape index (κ1) is 84.4. The zero-order chi connectivity index (χ0) is 95.1. The molecule has 8 heterocycles. The van der Waals surface area contributed by atoms with Gasteiger partial charge in [-0.1, -0.05) is 424 Å². The average molecular weight is 1880 g/mol. The second-order valence-electron chi connectivity index (χ2n) is 35.3. The fraction of sp³-hybridized carbons (Fsp3) is 0. The van der Waals surface area contributed by atoms with Crippen LogP contribution in [0.5, 0.6) is 23.0 Å². The molecule has 0 spiro atoms. The van der Waals surface area contributed by atoms with Crippen LogP contribution in [-0.2, 0) is 0 Å². The minimum Gasteiger partial charge on any atom is -0.452 e. The second-order valence-corrected chi connectivity index (χ2v) is 37.4. The Labute approximate surface area is 835 Å². The van der Waals surface area contributed by atoms with Crippen LogP contribution in [0.1, 0.15) is 0 Å². The zero-order valence-electron chi connectivity index (χ0n) is 76.9. The molecule has 0 aliphatic carbocycles. The van der Waals surface area contributed by atoms with Crippen LogP contribution in [-0.4, -0.2) is 49.8 Å². The first-order chi connectivity index (χ1) is 71.4. The molecule has 0 radical (unpaired) electrons. The smallest absolute Gasteiger partial charge is 0.239 e. The number of benzene rings is 22. The third-order valence-electron chi connectivity index (χ3n) is 26.7. The van der Waals surface area contributed by atoms with Crippen molar-refractivity contribution in [2.24, 2.45) is 0 Å². The Hall–Kier alpha value is -18.9. The predicted molar refractivity (Wildman–Crippen MR) is 588 cm³/mol. The molecule has 0 bridgehead atoms. The van der Waals surface area contributed by atoms with E-state index in [4.69, 9.17) is 59.3 Å². The largest absolute Gasteiger partial charge is 0.452 e.